The van der Waals surface area contributed by atoms with Gasteiger partial charge < -0.3 is 15.8 Å². The summed E-state index contributed by atoms with van der Waals surface area (Å²) < 4.78 is 5.06. The normalized spacial score (nSPS) is 10.8. The van der Waals surface area contributed by atoms with E-state index in [4.69, 9.17) is 10.5 Å². The molecule has 3 N–H and O–H groups in total. The van der Waals surface area contributed by atoms with Gasteiger partial charge in [0.2, 0.25) is 5.88 Å². The van der Waals surface area contributed by atoms with Crippen LogP contribution in [0.2, 0.25) is 0 Å². The number of methoxy groups -OCH3 is 1. The van der Waals surface area contributed by atoms with Crippen LogP contribution in [0.4, 0.5) is 0 Å². The molecule has 5 nitrogen and oxygen atoms in total. The van der Waals surface area contributed by atoms with Crippen LogP contribution in [0.1, 0.15) is 38.2 Å². The second-order valence-electron chi connectivity index (χ2n) is 4.40. The standard InChI is InChI=1S/C14H24N4O.HI/c1-3-4-5-6-8-17-14(15)18-11-12-7-9-16-13(10-12)19-2;/h7,9-10H,3-6,8,11H2,1-2H3,(H3,15,17,18);1H. The lowest BCUT2D eigenvalue weighted by Crippen LogP contribution is -2.32. The summed E-state index contributed by atoms with van der Waals surface area (Å²) >= 11 is 0. The first kappa shape index (κ1) is 18.9. The summed E-state index contributed by atoms with van der Waals surface area (Å²) in [5.74, 6) is 1.09. The average Bonchev–Trinajstić information content (AvgIpc) is 2.45. The maximum absolute atomic E-state index is 5.80. The van der Waals surface area contributed by atoms with Gasteiger partial charge in [0.15, 0.2) is 5.96 Å². The fraction of sp³-hybridized carbons (Fsp3) is 0.571. The Labute approximate surface area is 138 Å². The number of nitrogens with zero attached hydrogens (tertiary/aromatic N) is 2. The molecular weight excluding hydrogens is 367 g/mol. The number of aromatic nitrogens is 1. The Kier molecular flexibility index (Phi) is 11.1. The average molecular weight is 392 g/mol. The molecule has 0 radical (unpaired) electrons. The molecule has 0 aromatic carbocycles. The van der Waals surface area contributed by atoms with E-state index >= 15 is 0 Å². The number of unbranched alkanes of at least 4 members (excludes halogenated alkanes) is 3. The molecule has 0 saturated carbocycles. The van der Waals surface area contributed by atoms with Crippen LogP contribution in [0.15, 0.2) is 23.3 Å². The highest BCUT2D eigenvalue weighted by molar-refractivity contribution is 14.0. The van der Waals surface area contributed by atoms with Gasteiger partial charge >= 0.3 is 0 Å². The molecule has 0 unspecified atom stereocenters. The molecule has 0 aliphatic rings. The molecule has 114 valence electrons. The molecule has 0 fully saturated rings. The molecule has 20 heavy (non-hydrogen) atoms. The predicted octanol–water partition coefficient (Wildman–Crippen LogP) is 2.69. The van der Waals surface area contributed by atoms with E-state index in [1.165, 1.54) is 19.3 Å². The zero-order valence-electron chi connectivity index (χ0n) is 12.3. The van der Waals surface area contributed by atoms with Crippen LogP contribution in [0, 0.1) is 0 Å². The van der Waals surface area contributed by atoms with E-state index in [0.29, 0.717) is 18.4 Å². The van der Waals surface area contributed by atoms with E-state index in [9.17, 15) is 0 Å². The van der Waals surface area contributed by atoms with Crippen molar-refractivity contribution in [1.82, 2.24) is 10.3 Å². The van der Waals surface area contributed by atoms with Crippen molar-refractivity contribution in [3.8, 4) is 5.88 Å². The maximum Gasteiger partial charge on any atom is 0.213 e. The number of halogens is 1. The Morgan fingerprint density at radius 1 is 1.40 bits per heavy atom. The van der Waals surface area contributed by atoms with Crippen LogP contribution in [0.3, 0.4) is 0 Å². The number of ether oxygens (including phenoxy) is 1. The highest BCUT2D eigenvalue weighted by Crippen LogP contribution is 2.09. The van der Waals surface area contributed by atoms with E-state index < -0.39 is 0 Å². The first-order valence-corrected chi connectivity index (χ1v) is 6.79. The monoisotopic (exact) mass is 392 g/mol. The second kappa shape index (κ2) is 11.7. The van der Waals surface area contributed by atoms with Crippen molar-refractivity contribution in [2.45, 2.75) is 39.2 Å². The molecule has 0 atom stereocenters. The maximum atomic E-state index is 5.80. The number of pyridine rings is 1. The summed E-state index contributed by atoms with van der Waals surface area (Å²) in [5.41, 5.74) is 6.83. The number of guanidine groups is 1. The highest BCUT2D eigenvalue weighted by atomic mass is 127. The molecule has 1 aromatic heterocycles. The van der Waals surface area contributed by atoms with Crippen molar-refractivity contribution in [3.63, 3.8) is 0 Å². The van der Waals surface area contributed by atoms with E-state index in [1.807, 2.05) is 12.1 Å². The van der Waals surface area contributed by atoms with Gasteiger partial charge in [-0.25, -0.2) is 9.98 Å². The number of hydrogen-bond acceptors (Lipinski definition) is 3. The SMILES string of the molecule is CCCCCCNC(N)=NCc1ccnc(OC)c1.I. The van der Waals surface area contributed by atoms with E-state index in [1.54, 1.807) is 13.3 Å². The molecular formula is C14H25IN4O. The van der Waals surface area contributed by atoms with Crippen molar-refractivity contribution >= 4 is 29.9 Å². The lowest BCUT2D eigenvalue weighted by molar-refractivity contribution is 0.397. The Morgan fingerprint density at radius 3 is 2.90 bits per heavy atom. The summed E-state index contributed by atoms with van der Waals surface area (Å²) in [4.78, 5) is 8.33. The van der Waals surface area contributed by atoms with Crippen LogP contribution < -0.4 is 15.8 Å². The van der Waals surface area contributed by atoms with Gasteiger partial charge in [-0.05, 0) is 18.1 Å². The smallest absolute Gasteiger partial charge is 0.213 e. The first-order valence-electron chi connectivity index (χ1n) is 6.79. The van der Waals surface area contributed by atoms with Gasteiger partial charge in [0.05, 0.1) is 13.7 Å². The summed E-state index contributed by atoms with van der Waals surface area (Å²) in [5, 5.41) is 3.12. The highest BCUT2D eigenvalue weighted by Gasteiger charge is 1.97. The number of hydrogen-bond donors (Lipinski definition) is 2. The van der Waals surface area contributed by atoms with Gasteiger partial charge in [-0.3, -0.25) is 0 Å². The van der Waals surface area contributed by atoms with E-state index in [0.717, 1.165) is 18.5 Å². The zero-order chi connectivity index (χ0) is 13.9. The Morgan fingerprint density at radius 2 is 2.20 bits per heavy atom. The number of rotatable bonds is 8. The van der Waals surface area contributed by atoms with Crippen molar-refractivity contribution in [2.24, 2.45) is 10.7 Å². The summed E-state index contributed by atoms with van der Waals surface area (Å²) in [7, 11) is 1.60. The molecule has 6 heteroatoms. The van der Waals surface area contributed by atoms with Crippen molar-refractivity contribution in [2.75, 3.05) is 13.7 Å². The third-order valence-corrected chi connectivity index (χ3v) is 2.78. The largest absolute Gasteiger partial charge is 0.481 e. The minimum absolute atomic E-state index is 0. The van der Waals surface area contributed by atoms with Gasteiger partial charge in [0, 0.05) is 18.8 Å². The number of aliphatic imine (C=N–C) groups is 1. The molecule has 0 spiro atoms. The molecule has 0 aliphatic heterocycles. The molecule has 0 saturated heterocycles. The number of nitrogens with one attached hydrogen (secondary N) is 1. The van der Waals surface area contributed by atoms with Crippen LogP contribution in [-0.4, -0.2) is 24.6 Å². The van der Waals surface area contributed by atoms with Gasteiger partial charge in [-0.1, -0.05) is 26.2 Å². The third kappa shape index (κ3) is 8.19. The van der Waals surface area contributed by atoms with Gasteiger partial charge in [-0.2, -0.15) is 0 Å². The molecule has 1 rings (SSSR count). The van der Waals surface area contributed by atoms with Crippen LogP contribution in [0.5, 0.6) is 5.88 Å². The van der Waals surface area contributed by atoms with Gasteiger partial charge in [0.1, 0.15) is 0 Å². The Bertz CT molecular complexity index is 399. The topological polar surface area (TPSA) is 72.5 Å². The Hall–Kier alpha value is -1.05. The van der Waals surface area contributed by atoms with Crippen molar-refractivity contribution in [3.05, 3.63) is 23.9 Å². The molecule has 0 amide bonds. The molecule has 0 aliphatic carbocycles. The minimum Gasteiger partial charge on any atom is -0.481 e. The third-order valence-electron chi connectivity index (χ3n) is 2.78. The summed E-state index contributed by atoms with van der Waals surface area (Å²) in [6.07, 6.45) is 6.59. The Balaban J connectivity index is 0.00000361. The predicted molar refractivity (Wildman–Crippen MR) is 93.7 cm³/mol. The van der Waals surface area contributed by atoms with Gasteiger partial charge in [-0.15, -0.1) is 24.0 Å². The summed E-state index contributed by atoms with van der Waals surface area (Å²) in [6, 6.07) is 3.76. The quantitative estimate of drug-likeness (QED) is 0.309. The first-order chi connectivity index (χ1) is 9.26. The molecule has 1 aromatic rings. The molecule has 0 bridgehead atoms. The summed E-state index contributed by atoms with van der Waals surface area (Å²) in [6.45, 7) is 3.62. The zero-order valence-corrected chi connectivity index (χ0v) is 14.6. The van der Waals surface area contributed by atoms with Crippen LogP contribution in [-0.2, 0) is 6.54 Å². The van der Waals surface area contributed by atoms with Crippen molar-refractivity contribution < 1.29 is 4.74 Å². The van der Waals surface area contributed by atoms with E-state index in [2.05, 4.69) is 22.2 Å². The van der Waals surface area contributed by atoms with Gasteiger partial charge in [0.25, 0.3) is 0 Å². The lowest BCUT2D eigenvalue weighted by Gasteiger charge is -2.05. The van der Waals surface area contributed by atoms with Crippen LogP contribution >= 0.6 is 24.0 Å². The lowest BCUT2D eigenvalue weighted by atomic mass is 10.2. The van der Waals surface area contributed by atoms with E-state index in [-0.39, 0.29) is 24.0 Å². The van der Waals surface area contributed by atoms with Crippen molar-refractivity contribution in [1.29, 1.82) is 0 Å². The minimum atomic E-state index is 0. The number of nitrogens with two attached hydrogens (primary N) is 1. The van der Waals surface area contributed by atoms with Crippen LogP contribution in [0.25, 0.3) is 0 Å². The fourth-order valence-electron chi connectivity index (χ4n) is 1.66. The second-order valence-corrected chi connectivity index (χ2v) is 4.40. The molecule has 1 heterocycles. The fourth-order valence-corrected chi connectivity index (χ4v) is 1.66.